The molecule has 0 bridgehead atoms. The standard InChI is InChI=1S/C19H18FNO4/c20-15-2-1-3-17(12-15)25-16-6-4-13(5-7-16)18(22)21-10-8-14(9-11-21)19(23)24/h1-7,12,14H,8-11H2,(H,23,24). The van der Waals surface area contributed by atoms with Gasteiger partial charge in [0.05, 0.1) is 5.92 Å². The summed E-state index contributed by atoms with van der Waals surface area (Å²) in [6.07, 6.45) is 0.948. The third-order valence-corrected chi connectivity index (χ3v) is 4.26. The second kappa shape index (κ2) is 7.34. The van der Waals surface area contributed by atoms with Crippen molar-refractivity contribution in [2.75, 3.05) is 13.1 Å². The first kappa shape index (κ1) is 17.0. The molecule has 1 aliphatic heterocycles. The van der Waals surface area contributed by atoms with E-state index in [0.29, 0.717) is 43.0 Å². The number of piperidine rings is 1. The number of hydrogen-bond acceptors (Lipinski definition) is 3. The van der Waals surface area contributed by atoms with Gasteiger partial charge in [-0.05, 0) is 49.2 Å². The Kier molecular flexibility index (Phi) is 4.97. The van der Waals surface area contributed by atoms with Crippen molar-refractivity contribution >= 4 is 11.9 Å². The molecule has 0 spiro atoms. The summed E-state index contributed by atoms with van der Waals surface area (Å²) in [6, 6.07) is 12.4. The zero-order valence-corrected chi connectivity index (χ0v) is 13.5. The number of aliphatic carboxylic acids is 1. The first-order valence-corrected chi connectivity index (χ1v) is 8.08. The number of rotatable bonds is 4. The molecule has 1 aliphatic rings. The van der Waals surface area contributed by atoms with Gasteiger partial charge in [-0.2, -0.15) is 0 Å². The van der Waals surface area contributed by atoms with Crippen LogP contribution in [0.2, 0.25) is 0 Å². The number of halogens is 1. The van der Waals surface area contributed by atoms with Crippen molar-refractivity contribution in [2.24, 2.45) is 5.92 Å². The molecule has 1 N–H and O–H groups in total. The molecule has 2 aromatic rings. The predicted molar refractivity (Wildman–Crippen MR) is 89.2 cm³/mol. The zero-order chi connectivity index (χ0) is 17.8. The molecule has 0 aromatic heterocycles. The van der Waals surface area contributed by atoms with Crippen LogP contribution >= 0.6 is 0 Å². The lowest BCUT2D eigenvalue weighted by Crippen LogP contribution is -2.40. The van der Waals surface area contributed by atoms with E-state index < -0.39 is 5.97 Å². The van der Waals surface area contributed by atoms with Gasteiger partial charge in [0.1, 0.15) is 17.3 Å². The third-order valence-electron chi connectivity index (χ3n) is 4.26. The molecule has 0 radical (unpaired) electrons. The van der Waals surface area contributed by atoms with Crippen LogP contribution in [-0.4, -0.2) is 35.0 Å². The van der Waals surface area contributed by atoms with Gasteiger partial charge in [-0.15, -0.1) is 0 Å². The maximum Gasteiger partial charge on any atom is 0.306 e. The van der Waals surface area contributed by atoms with E-state index in [0.717, 1.165) is 0 Å². The number of carbonyl (C=O) groups is 2. The summed E-state index contributed by atoms with van der Waals surface area (Å²) >= 11 is 0. The van der Waals surface area contributed by atoms with Gasteiger partial charge in [-0.25, -0.2) is 4.39 Å². The highest BCUT2D eigenvalue weighted by molar-refractivity contribution is 5.94. The molecular weight excluding hydrogens is 325 g/mol. The third kappa shape index (κ3) is 4.15. The topological polar surface area (TPSA) is 66.8 Å². The van der Waals surface area contributed by atoms with Crippen molar-refractivity contribution in [2.45, 2.75) is 12.8 Å². The molecule has 3 rings (SSSR count). The maximum absolute atomic E-state index is 13.2. The molecule has 5 nitrogen and oxygen atoms in total. The van der Waals surface area contributed by atoms with E-state index in [1.165, 1.54) is 12.1 Å². The van der Waals surface area contributed by atoms with Crippen LogP contribution in [-0.2, 0) is 4.79 Å². The molecule has 1 amide bonds. The minimum Gasteiger partial charge on any atom is -0.481 e. The molecule has 25 heavy (non-hydrogen) atoms. The van der Waals surface area contributed by atoms with E-state index in [2.05, 4.69) is 0 Å². The van der Waals surface area contributed by atoms with Crippen LogP contribution in [0.25, 0.3) is 0 Å². The van der Waals surface area contributed by atoms with Gasteiger partial charge >= 0.3 is 5.97 Å². The highest BCUT2D eigenvalue weighted by atomic mass is 19.1. The van der Waals surface area contributed by atoms with Gasteiger partial charge < -0.3 is 14.7 Å². The van der Waals surface area contributed by atoms with Crippen LogP contribution in [0.3, 0.4) is 0 Å². The number of amides is 1. The molecule has 0 saturated carbocycles. The fourth-order valence-corrected chi connectivity index (χ4v) is 2.84. The van der Waals surface area contributed by atoms with Gasteiger partial charge in [0, 0.05) is 24.7 Å². The summed E-state index contributed by atoms with van der Waals surface area (Å²) in [5, 5.41) is 9.01. The Labute approximate surface area is 144 Å². The molecule has 1 saturated heterocycles. The largest absolute Gasteiger partial charge is 0.481 e. The fraction of sp³-hybridized carbons (Fsp3) is 0.263. The molecular formula is C19H18FNO4. The number of carboxylic acid groups (broad SMARTS) is 1. The van der Waals surface area contributed by atoms with Crippen molar-refractivity contribution in [1.82, 2.24) is 4.90 Å². The van der Waals surface area contributed by atoms with Gasteiger partial charge in [-0.1, -0.05) is 6.07 Å². The van der Waals surface area contributed by atoms with Crippen molar-refractivity contribution in [3.05, 3.63) is 59.9 Å². The average Bonchev–Trinajstić information content (AvgIpc) is 2.62. The Hall–Kier alpha value is -2.89. The smallest absolute Gasteiger partial charge is 0.306 e. The lowest BCUT2D eigenvalue weighted by atomic mass is 9.96. The number of carbonyl (C=O) groups excluding carboxylic acids is 1. The summed E-state index contributed by atoms with van der Waals surface area (Å²) < 4.78 is 18.7. The van der Waals surface area contributed by atoms with Crippen LogP contribution in [0.15, 0.2) is 48.5 Å². The maximum atomic E-state index is 13.2. The Bertz CT molecular complexity index is 767. The highest BCUT2D eigenvalue weighted by Gasteiger charge is 2.27. The Balaban J connectivity index is 1.62. The molecule has 1 fully saturated rings. The predicted octanol–water partition coefficient (Wildman–Crippen LogP) is 3.55. The van der Waals surface area contributed by atoms with Crippen LogP contribution in [0.5, 0.6) is 11.5 Å². The monoisotopic (exact) mass is 343 g/mol. The van der Waals surface area contributed by atoms with Crippen LogP contribution in [0.1, 0.15) is 23.2 Å². The molecule has 0 atom stereocenters. The van der Waals surface area contributed by atoms with E-state index in [4.69, 9.17) is 9.84 Å². The van der Waals surface area contributed by atoms with Crippen molar-refractivity contribution in [3.63, 3.8) is 0 Å². The first-order valence-electron chi connectivity index (χ1n) is 8.08. The molecule has 0 aliphatic carbocycles. The number of hydrogen-bond donors (Lipinski definition) is 1. The highest BCUT2D eigenvalue weighted by Crippen LogP contribution is 2.24. The van der Waals surface area contributed by atoms with E-state index in [9.17, 15) is 14.0 Å². The fourth-order valence-electron chi connectivity index (χ4n) is 2.84. The summed E-state index contributed by atoms with van der Waals surface area (Å²) in [5.74, 6) is -0.784. The normalized spacial score (nSPS) is 15.0. The summed E-state index contributed by atoms with van der Waals surface area (Å²) in [6.45, 7) is 0.884. The minimum absolute atomic E-state index is 0.124. The summed E-state index contributed by atoms with van der Waals surface area (Å²) in [4.78, 5) is 25.1. The lowest BCUT2D eigenvalue weighted by Gasteiger charge is -2.30. The number of ether oxygens (including phenoxy) is 1. The number of likely N-dealkylation sites (tertiary alicyclic amines) is 1. The molecule has 2 aromatic carbocycles. The second-order valence-corrected chi connectivity index (χ2v) is 5.99. The molecule has 6 heteroatoms. The summed E-state index contributed by atoms with van der Waals surface area (Å²) in [5.41, 5.74) is 0.514. The number of benzene rings is 2. The molecule has 130 valence electrons. The van der Waals surface area contributed by atoms with E-state index in [1.807, 2.05) is 0 Å². The van der Waals surface area contributed by atoms with Crippen molar-refractivity contribution in [1.29, 1.82) is 0 Å². The van der Waals surface area contributed by atoms with Crippen LogP contribution < -0.4 is 4.74 Å². The zero-order valence-electron chi connectivity index (χ0n) is 13.5. The van der Waals surface area contributed by atoms with Crippen molar-refractivity contribution < 1.29 is 23.8 Å². The Morgan fingerprint density at radius 3 is 2.32 bits per heavy atom. The Morgan fingerprint density at radius 2 is 1.72 bits per heavy atom. The van der Waals surface area contributed by atoms with E-state index >= 15 is 0 Å². The average molecular weight is 343 g/mol. The van der Waals surface area contributed by atoms with Crippen molar-refractivity contribution in [3.8, 4) is 11.5 Å². The van der Waals surface area contributed by atoms with Gasteiger partial charge in [0.15, 0.2) is 0 Å². The number of carboxylic acids is 1. The second-order valence-electron chi connectivity index (χ2n) is 5.99. The van der Waals surface area contributed by atoms with Crippen LogP contribution in [0.4, 0.5) is 4.39 Å². The lowest BCUT2D eigenvalue weighted by molar-refractivity contribution is -0.143. The number of nitrogens with zero attached hydrogens (tertiary/aromatic N) is 1. The van der Waals surface area contributed by atoms with Crippen LogP contribution in [0, 0.1) is 11.7 Å². The quantitative estimate of drug-likeness (QED) is 0.922. The summed E-state index contributed by atoms with van der Waals surface area (Å²) in [7, 11) is 0. The molecule has 0 unspecified atom stereocenters. The molecule has 1 heterocycles. The van der Waals surface area contributed by atoms with Gasteiger partial charge in [-0.3, -0.25) is 9.59 Å². The van der Waals surface area contributed by atoms with Gasteiger partial charge in [0.2, 0.25) is 0 Å². The minimum atomic E-state index is -0.800. The Morgan fingerprint density at radius 1 is 1.04 bits per heavy atom. The SMILES string of the molecule is O=C(O)C1CCN(C(=O)c2ccc(Oc3cccc(F)c3)cc2)CC1. The van der Waals surface area contributed by atoms with E-state index in [-0.39, 0.29) is 17.6 Å². The van der Waals surface area contributed by atoms with Gasteiger partial charge in [0.25, 0.3) is 5.91 Å². The first-order chi connectivity index (χ1) is 12.0. The van der Waals surface area contributed by atoms with E-state index in [1.54, 1.807) is 41.3 Å².